The number of hydrogen-bond donors (Lipinski definition) is 4. The third-order valence-electron chi connectivity index (χ3n) is 1.97. The van der Waals surface area contributed by atoms with E-state index in [-0.39, 0.29) is 5.96 Å². The number of ether oxygens (including phenoxy) is 1. The Labute approximate surface area is 99.3 Å². The molecule has 0 radical (unpaired) electrons. The second-order valence-electron chi connectivity index (χ2n) is 3.14. The van der Waals surface area contributed by atoms with Gasteiger partial charge in [0.2, 0.25) is 5.96 Å². The fourth-order valence-corrected chi connectivity index (χ4v) is 1.76. The van der Waals surface area contributed by atoms with Gasteiger partial charge in [0, 0.05) is 5.56 Å². The van der Waals surface area contributed by atoms with Crippen LogP contribution in [0.15, 0.2) is 29.4 Å². The number of hydrazone groups is 1. The van der Waals surface area contributed by atoms with Crippen molar-refractivity contribution in [2.45, 2.75) is 5.78 Å². The zero-order chi connectivity index (χ0) is 12.8. The lowest BCUT2D eigenvalue weighted by Gasteiger charge is -2.06. The van der Waals surface area contributed by atoms with E-state index in [4.69, 9.17) is 21.1 Å². The van der Waals surface area contributed by atoms with Crippen molar-refractivity contribution in [2.24, 2.45) is 16.6 Å². The topological polar surface area (TPSA) is 123 Å². The molecular weight excluding hydrogens is 243 g/mol. The molecule has 0 saturated heterocycles. The van der Waals surface area contributed by atoms with Gasteiger partial charge < -0.3 is 16.2 Å². The molecule has 8 heteroatoms. The van der Waals surface area contributed by atoms with Gasteiger partial charge >= 0.3 is 8.03 Å². The summed E-state index contributed by atoms with van der Waals surface area (Å²) in [5.74, 6) is -0.416. The Morgan fingerprint density at radius 1 is 1.47 bits per heavy atom. The SMILES string of the molecule is COc1ccc([C@@H](NN=C(N)N)[P+](=O)O)cc1. The maximum Gasteiger partial charge on any atom is 0.537 e. The summed E-state index contributed by atoms with van der Waals surface area (Å²) in [5.41, 5.74) is 13.3. The zero-order valence-corrected chi connectivity index (χ0v) is 10.1. The quantitative estimate of drug-likeness (QED) is 0.259. The molecule has 1 rings (SSSR count). The molecule has 6 N–H and O–H groups in total. The first-order valence-electron chi connectivity index (χ1n) is 4.68. The Morgan fingerprint density at radius 2 is 2.06 bits per heavy atom. The summed E-state index contributed by atoms with van der Waals surface area (Å²) in [4.78, 5) is 9.17. The van der Waals surface area contributed by atoms with Gasteiger partial charge in [0.25, 0.3) is 5.78 Å². The Bertz CT molecular complexity index is 417. The number of hydrogen-bond acceptors (Lipinski definition) is 4. The highest BCUT2D eigenvalue weighted by Gasteiger charge is 2.30. The minimum atomic E-state index is -2.50. The van der Waals surface area contributed by atoms with Crippen molar-refractivity contribution in [3.63, 3.8) is 0 Å². The van der Waals surface area contributed by atoms with Gasteiger partial charge in [-0.05, 0) is 28.8 Å². The third-order valence-corrected chi connectivity index (χ3v) is 2.82. The molecule has 17 heavy (non-hydrogen) atoms. The Morgan fingerprint density at radius 3 is 2.47 bits per heavy atom. The molecule has 1 unspecified atom stereocenters. The molecular formula is C9H14N4O3P+. The van der Waals surface area contributed by atoms with Crippen LogP contribution in [0.1, 0.15) is 11.3 Å². The highest BCUT2D eigenvalue weighted by molar-refractivity contribution is 7.38. The Balaban J connectivity index is 2.89. The normalized spacial score (nSPS) is 12.5. The standard InChI is InChI=1S/C9H13N4O3P/c1-16-7-4-2-6(3-5-7)8(17(14)15)12-13-9(10)11/h2-5,8,12H,1H3,(H4-,10,11,13,14,15)/p+1/t8-/m0/s1. The second kappa shape index (κ2) is 6.03. The summed E-state index contributed by atoms with van der Waals surface area (Å²) in [7, 11) is -0.966. The first-order valence-corrected chi connectivity index (χ1v) is 5.96. The van der Waals surface area contributed by atoms with E-state index in [0.29, 0.717) is 11.3 Å². The average Bonchev–Trinajstić information content (AvgIpc) is 2.29. The van der Waals surface area contributed by atoms with Gasteiger partial charge in [-0.25, -0.2) is 0 Å². The number of nitrogens with two attached hydrogens (primary N) is 2. The fourth-order valence-electron chi connectivity index (χ4n) is 1.17. The zero-order valence-electron chi connectivity index (χ0n) is 9.20. The average molecular weight is 257 g/mol. The van der Waals surface area contributed by atoms with Crippen LogP contribution >= 0.6 is 8.03 Å². The maximum atomic E-state index is 11.2. The minimum Gasteiger partial charge on any atom is -0.497 e. The maximum absolute atomic E-state index is 11.2. The van der Waals surface area contributed by atoms with Gasteiger partial charge in [-0.2, -0.15) is 4.89 Å². The Hall–Kier alpha value is -1.85. The summed E-state index contributed by atoms with van der Waals surface area (Å²) < 4.78 is 16.2. The molecule has 0 aliphatic carbocycles. The van der Waals surface area contributed by atoms with Crippen LogP contribution in [-0.4, -0.2) is 18.0 Å². The molecule has 7 nitrogen and oxygen atoms in total. The van der Waals surface area contributed by atoms with Crippen LogP contribution in [0.4, 0.5) is 0 Å². The van der Waals surface area contributed by atoms with E-state index in [2.05, 4.69) is 10.5 Å². The van der Waals surface area contributed by atoms with Crippen molar-refractivity contribution < 1.29 is 14.2 Å². The van der Waals surface area contributed by atoms with Crippen LogP contribution in [0.2, 0.25) is 0 Å². The summed E-state index contributed by atoms with van der Waals surface area (Å²) >= 11 is 0. The van der Waals surface area contributed by atoms with Crippen LogP contribution in [-0.2, 0) is 4.57 Å². The van der Waals surface area contributed by atoms with Crippen molar-refractivity contribution in [2.75, 3.05) is 7.11 Å². The summed E-state index contributed by atoms with van der Waals surface area (Å²) in [6, 6.07) is 6.67. The van der Waals surface area contributed by atoms with Gasteiger partial charge in [0.1, 0.15) is 5.75 Å². The van der Waals surface area contributed by atoms with Gasteiger partial charge in [0.15, 0.2) is 0 Å². The van der Waals surface area contributed by atoms with Crippen LogP contribution < -0.4 is 21.6 Å². The van der Waals surface area contributed by atoms with E-state index in [1.54, 1.807) is 24.3 Å². The highest BCUT2D eigenvalue weighted by atomic mass is 31.1. The van der Waals surface area contributed by atoms with Crippen molar-refractivity contribution in [3.05, 3.63) is 29.8 Å². The van der Waals surface area contributed by atoms with Gasteiger partial charge in [-0.15, -0.1) is 5.10 Å². The summed E-state index contributed by atoms with van der Waals surface area (Å²) in [6.45, 7) is 0. The first-order chi connectivity index (χ1) is 8.04. The van der Waals surface area contributed by atoms with Crippen molar-refractivity contribution in [1.82, 2.24) is 5.43 Å². The summed E-state index contributed by atoms with van der Waals surface area (Å²) in [6.07, 6.45) is 0. The molecule has 0 amide bonds. The molecule has 0 aromatic heterocycles. The Kier molecular flexibility index (Phi) is 4.68. The number of rotatable bonds is 5. The molecule has 92 valence electrons. The summed E-state index contributed by atoms with van der Waals surface area (Å²) in [5, 5.41) is 3.51. The molecule has 0 saturated carbocycles. The van der Waals surface area contributed by atoms with E-state index in [1.807, 2.05) is 0 Å². The van der Waals surface area contributed by atoms with Crippen molar-refractivity contribution >= 4 is 14.0 Å². The molecule has 0 bridgehead atoms. The second-order valence-corrected chi connectivity index (χ2v) is 4.27. The molecule has 0 spiro atoms. The number of benzene rings is 1. The smallest absolute Gasteiger partial charge is 0.497 e. The predicted octanol–water partition coefficient (Wildman–Crippen LogP) is 0.206. The van der Waals surface area contributed by atoms with Crippen LogP contribution in [0.3, 0.4) is 0 Å². The largest absolute Gasteiger partial charge is 0.537 e. The van der Waals surface area contributed by atoms with E-state index < -0.39 is 13.8 Å². The van der Waals surface area contributed by atoms with Crippen LogP contribution in [0, 0.1) is 0 Å². The lowest BCUT2D eigenvalue weighted by Crippen LogP contribution is -2.27. The number of methoxy groups -OCH3 is 1. The fraction of sp³-hybridized carbons (Fsp3) is 0.222. The highest BCUT2D eigenvalue weighted by Crippen LogP contribution is 2.35. The lowest BCUT2D eigenvalue weighted by atomic mass is 10.2. The molecule has 0 aliphatic rings. The first kappa shape index (κ1) is 13.2. The van der Waals surface area contributed by atoms with E-state index >= 15 is 0 Å². The van der Waals surface area contributed by atoms with Crippen molar-refractivity contribution in [1.29, 1.82) is 0 Å². The molecule has 0 heterocycles. The molecule has 0 aliphatic heterocycles. The minimum absolute atomic E-state index is 0.208. The van der Waals surface area contributed by atoms with Gasteiger partial charge in [-0.1, -0.05) is 0 Å². The van der Waals surface area contributed by atoms with Crippen LogP contribution in [0.25, 0.3) is 0 Å². The monoisotopic (exact) mass is 257 g/mol. The van der Waals surface area contributed by atoms with Crippen molar-refractivity contribution in [3.8, 4) is 5.75 Å². The van der Waals surface area contributed by atoms with Gasteiger partial charge in [-0.3, -0.25) is 5.43 Å². The number of nitrogens with one attached hydrogen (secondary N) is 1. The number of nitrogens with zero attached hydrogens (tertiary/aromatic N) is 1. The van der Waals surface area contributed by atoms with E-state index in [1.165, 1.54) is 7.11 Å². The number of guanidine groups is 1. The molecule has 1 aromatic rings. The van der Waals surface area contributed by atoms with E-state index in [0.717, 1.165) is 0 Å². The molecule has 0 fully saturated rings. The predicted molar refractivity (Wildman–Crippen MR) is 64.5 cm³/mol. The van der Waals surface area contributed by atoms with E-state index in [9.17, 15) is 4.57 Å². The lowest BCUT2D eigenvalue weighted by molar-refractivity contribution is 0.414. The third kappa shape index (κ3) is 3.90. The molecule has 1 aromatic carbocycles. The molecule has 2 atom stereocenters. The van der Waals surface area contributed by atoms with Crippen LogP contribution in [0.5, 0.6) is 5.75 Å². The van der Waals surface area contributed by atoms with Gasteiger partial charge in [0.05, 0.1) is 7.11 Å².